The third-order valence-electron chi connectivity index (χ3n) is 6.95. The predicted octanol–water partition coefficient (Wildman–Crippen LogP) is 3.33. The van der Waals surface area contributed by atoms with Crippen molar-refractivity contribution in [2.45, 2.75) is 31.8 Å². The van der Waals surface area contributed by atoms with Crippen LogP contribution in [0.4, 0.5) is 10.5 Å². The first-order chi connectivity index (χ1) is 15.5. The molecular formula is C25H32N4O3. The van der Waals surface area contributed by atoms with Crippen molar-refractivity contribution in [3.8, 4) is 5.75 Å². The van der Waals surface area contributed by atoms with Gasteiger partial charge in [-0.1, -0.05) is 30.3 Å². The fraction of sp³-hybridized carbons (Fsp3) is 0.440. The molecule has 2 atom stereocenters. The number of urea groups is 1. The molecule has 0 spiro atoms. The Bertz CT molecular complexity index is 934. The lowest BCUT2D eigenvalue weighted by Gasteiger charge is -2.34. The number of fused-ring (bicyclic) bond motifs is 1. The van der Waals surface area contributed by atoms with Crippen LogP contribution in [0.15, 0.2) is 54.6 Å². The molecule has 4 rings (SSSR count). The van der Waals surface area contributed by atoms with Crippen LogP contribution < -0.4 is 15.4 Å². The van der Waals surface area contributed by atoms with Crippen LogP contribution in [0, 0.1) is 5.41 Å². The zero-order chi connectivity index (χ0) is 22.6. The van der Waals surface area contributed by atoms with Crippen LogP contribution in [-0.4, -0.2) is 61.6 Å². The molecule has 2 heterocycles. The van der Waals surface area contributed by atoms with E-state index in [0.29, 0.717) is 26.1 Å². The van der Waals surface area contributed by atoms with Gasteiger partial charge < -0.3 is 25.2 Å². The average molecular weight is 437 g/mol. The smallest absolute Gasteiger partial charge is 0.317 e. The molecule has 2 aromatic carbocycles. The van der Waals surface area contributed by atoms with Crippen molar-refractivity contribution in [3.63, 3.8) is 0 Å². The third-order valence-corrected chi connectivity index (χ3v) is 6.95. The molecule has 0 aromatic heterocycles. The summed E-state index contributed by atoms with van der Waals surface area (Å²) in [5.41, 5.74) is 1.36. The van der Waals surface area contributed by atoms with Crippen LogP contribution in [0.1, 0.15) is 24.8 Å². The van der Waals surface area contributed by atoms with E-state index >= 15 is 0 Å². The number of carbonyl (C=O) groups is 2. The summed E-state index contributed by atoms with van der Waals surface area (Å²) in [6.45, 7) is 2.57. The minimum atomic E-state index is -0.477. The van der Waals surface area contributed by atoms with Gasteiger partial charge in [-0.05, 0) is 62.7 Å². The average Bonchev–Trinajstić information content (AvgIpc) is 3.02. The number of anilines is 1. The Balaban J connectivity index is 1.41. The van der Waals surface area contributed by atoms with Gasteiger partial charge in [-0.3, -0.25) is 4.79 Å². The van der Waals surface area contributed by atoms with E-state index in [1.54, 1.807) is 7.11 Å². The van der Waals surface area contributed by atoms with E-state index in [2.05, 4.69) is 22.6 Å². The predicted molar refractivity (Wildman–Crippen MR) is 125 cm³/mol. The maximum absolute atomic E-state index is 13.4. The molecule has 2 fully saturated rings. The number of hydrogen-bond donors (Lipinski definition) is 2. The van der Waals surface area contributed by atoms with E-state index < -0.39 is 5.41 Å². The summed E-state index contributed by atoms with van der Waals surface area (Å²) in [4.78, 5) is 30.5. The summed E-state index contributed by atoms with van der Waals surface area (Å²) in [7, 11) is 3.72. The fourth-order valence-corrected chi connectivity index (χ4v) is 5.02. The molecule has 2 saturated heterocycles. The highest BCUT2D eigenvalue weighted by Crippen LogP contribution is 2.44. The molecule has 0 aliphatic carbocycles. The van der Waals surface area contributed by atoms with Crippen molar-refractivity contribution in [1.82, 2.24) is 15.1 Å². The van der Waals surface area contributed by atoms with Crippen molar-refractivity contribution in [1.29, 1.82) is 0 Å². The lowest BCUT2D eigenvalue weighted by molar-refractivity contribution is -0.127. The number of hydrogen-bond acceptors (Lipinski definition) is 4. The van der Waals surface area contributed by atoms with Gasteiger partial charge in [0, 0.05) is 31.4 Å². The highest BCUT2D eigenvalue weighted by molar-refractivity contribution is 5.96. The Hall–Kier alpha value is -3.06. The van der Waals surface area contributed by atoms with Crippen molar-refractivity contribution in [3.05, 3.63) is 60.2 Å². The van der Waals surface area contributed by atoms with Gasteiger partial charge in [0.2, 0.25) is 5.91 Å². The van der Waals surface area contributed by atoms with Gasteiger partial charge in [0.05, 0.1) is 12.5 Å². The SMILES string of the molecule is COc1ccc(CNC(=O)N2CC[C@@H]3N(C)CC[C@]3(C(=O)Nc3ccccc3)CC2)cc1. The molecule has 7 nitrogen and oxygen atoms in total. The Morgan fingerprint density at radius 2 is 1.75 bits per heavy atom. The molecule has 0 unspecified atom stereocenters. The molecule has 0 bridgehead atoms. The summed E-state index contributed by atoms with van der Waals surface area (Å²) < 4.78 is 5.18. The molecule has 0 saturated carbocycles. The number of methoxy groups -OCH3 is 1. The number of benzene rings is 2. The van der Waals surface area contributed by atoms with Gasteiger partial charge in [-0.15, -0.1) is 0 Å². The second-order valence-electron chi connectivity index (χ2n) is 8.76. The Labute approximate surface area is 189 Å². The first kappa shape index (κ1) is 22.1. The van der Waals surface area contributed by atoms with Gasteiger partial charge in [0.15, 0.2) is 0 Å². The Morgan fingerprint density at radius 1 is 1.03 bits per heavy atom. The zero-order valence-electron chi connectivity index (χ0n) is 18.8. The van der Waals surface area contributed by atoms with Crippen molar-refractivity contribution in [2.24, 2.45) is 5.41 Å². The van der Waals surface area contributed by atoms with Crippen LogP contribution in [0.3, 0.4) is 0 Å². The van der Waals surface area contributed by atoms with E-state index in [0.717, 1.165) is 36.4 Å². The number of rotatable bonds is 5. The number of carbonyl (C=O) groups excluding carboxylic acids is 2. The summed E-state index contributed by atoms with van der Waals surface area (Å²) in [5, 5.41) is 6.15. The van der Waals surface area contributed by atoms with Crippen LogP contribution in [0.5, 0.6) is 5.75 Å². The van der Waals surface area contributed by atoms with Crippen LogP contribution in [0.25, 0.3) is 0 Å². The summed E-state index contributed by atoms with van der Waals surface area (Å²) in [5.74, 6) is 0.862. The van der Waals surface area contributed by atoms with E-state index in [1.807, 2.05) is 59.5 Å². The molecule has 2 aliphatic heterocycles. The molecular weight excluding hydrogens is 404 g/mol. The van der Waals surface area contributed by atoms with Crippen molar-refractivity contribution < 1.29 is 14.3 Å². The molecule has 7 heteroatoms. The monoisotopic (exact) mass is 436 g/mol. The van der Waals surface area contributed by atoms with Gasteiger partial charge >= 0.3 is 6.03 Å². The van der Waals surface area contributed by atoms with Gasteiger partial charge in [0.25, 0.3) is 0 Å². The van der Waals surface area contributed by atoms with Crippen LogP contribution in [0.2, 0.25) is 0 Å². The molecule has 0 radical (unpaired) electrons. The Kier molecular flexibility index (Phi) is 6.65. The molecule has 32 heavy (non-hydrogen) atoms. The fourth-order valence-electron chi connectivity index (χ4n) is 5.02. The summed E-state index contributed by atoms with van der Waals surface area (Å²) >= 11 is 0. The lowest BCUT2D eigenvalue weighted by atomic mass is 9.75. The second-order valence-corrected chi connectivity index (χ2v) is 8.76. The zero-order valence-corrected chi connectivity index (χ0v) is 18.8. The molecule has 3 amide bonds. The molecule has 2 aliphatic rings. The highest BCUT2D eigenvalue weighted by atomic mass is 16.5. The number of para-hydroxylation sites is 1. The van der Waals surface area contributed by atoms with E-state index in [-0.39, 0.29) is 18.0 Å². The van der Waals surface area contributed by atoms with Gasteiger partial charge in [-0.25, -0.2) is 4.79 Å². The topological polar surface area (TPSA) is 73.9 Å². The largest absolute Gasteiger partial charge is 0.497 e. The quantitative estimate of drug-likeness (QED) is 0.754. The minimum Gasteiger partial charge on any atom is -0.497 e. The normalized spacial score (nSPS) is 23.2. The van der Waals surface area contributed by atoms with Crippen LogP contribution in [-0.2, 0) is 11.3 Å². The number of ether oxygens (including phenoxy) is 1. The summed E-state index contributed by atoms with van der Waals surface area (Å²) in [6.07, 6.45) is 2.26. The maximum Gasteiger partial charge on any atom is 0.317 e. The van der Waals surface area contributed by atoms with Crippen molar-refractivity contribution >= 4 is 17.6 Å². The second kappa shape index (κ2) is 9.61. The first-order valence-corrected chi connectivity index (χ1v) is 11.2. The maximum atomic E-state index is 13.4. The standard InChI is InChI=1S/C25H32N4O3/c1-28-16-13-25(23(30)27-20-6-4-3-5-7-20)14-17-29(15-12-22(25)28)24(31)26-18-19-8-10-21(32-2)11-9-19/h3-11,22H,12-18H2,1-2H3,(H,26,31)(H,27,30)/t22-,25-/m0/s1. The number of amides is 3. The molecule has 170 valence electrons. The first-order valence-electron chi connectivity index (χ1n) is 11.2. The van der Waals surface area contributed by atoms with Gasteiger partial charge in [0.1, 0.15) is 5.75 Å². The van der Waals surface area contributed by atoms with E-state index in [9.17, 15) is 9.59 Å². The highest BCUT2D eigenvalue weighted by Gasteiger charge is 2.52. The lowest BCUT2D eigenvalue weighted by Crippen LogP contribution is -2.46. The van der Waals surface area contributed by atoms with E-state index in [4.69, 9.17) is 4.74 Å². The van der Waals surface area contributed by atoms with Crippen LogP contribution >= 0.6 is 0 Å². The number of likely N-dealkylation sites (tertiary alicyclic amines) is 2. The van der Waals surface area contributed by atoms with E-state index in [1.165, 1.54) is 0 Å². The van der Waals surface area contributed by atoms with Gasteiger partial charge in [-0.2, -0.15) is 0 Å². The Morgan fingerprint density at radius 3 is 2.47 bits per heavy atom. The molecule has 2 aromatic rings. The number of nitrogens with zero attached hydrogens (tertiary/aromatic N) is 2. The minimum absolute atomic E-state index is 0.0681. The third kappa shape index (κ3) is 4.58. The molecule has 2 N–H and O–H groups in total. The van der Waals surface area contributed by atoms with Crippen molar-refractivity contribution in [2.75, 3.05) is 39.1 Å². The number of nitrogens with one attached hydrogen (secondary N) is 2. The summed E-state index contributed by atoms with van der Waals surface area (Å²) in [6, 6.07) is 17.3.